The highest BCUT2D eigenvalue weighted by molar-refractivity contribution is 5.73. The first kappa shape index (κ1) is 17.4. The van der Waals surface area contributed by atoms with E-state index in [0.717, 1.165) is 32.2 Å². The molecule has 108 valence electrons. The number of urea groups is 1. The highest BCUT2D eigenvalue weighted by Gasteiger charge is 2.16. The number of carbonyl (C=O) groups is 1. The molecule has 1 N–H and O–H groups in total. The molecule has 0 aromatic heterocycles. The molecule has 0 bridgehead atoms. The molecule has 0 aliphatic carbocycles. The summed E-state index contributed by atoms with van der Waals surface area (Å²) in [4.78, 5) is 12.1. The van der Waals surface area contributed by atoms with Crippen LogP contribution in [-0.4, -0.2) is 42.7 Å². The van der Waals surface area contributed by atoms with Gasteiger partial charge in [-0.2, -0.15) is 0 Å². The highest BCUT2D eigenvalue weighted by atomic mass is 16.2. The fourth-order valence-electron chi connectivity index (χ4n) is 1.57. The molecule has 19 heavy (non-hydrogen) atoms. The van der Waals surface area contributed by atoms with E-state index in [1.165, 1.54) is 0 Å². The summed E-state index contributed by atoms with van der Waals surface area (Å²) in [6.07, 6.45) is 8.99. The number of nitrogens with one attached hydrogen (secondary N) is 1. The van der Waals surface area contributed by atoms with Crippen molar-refractivity contribution in [3.63, 3.8) is 0 Å². The van der Waals surface area contributed by atoms with Crippen molar-refractivity contribution in [2.45, 2.75) is 25.7 Å². The van der Waals surface area contributed by atoms with Gasteiger partial charge in [0.15, 0.2) is 0 Å². The van der Waals surface area contributed by atoms with Crippen LogP contribution < -0.4 is 5.32 Å². The van der Waals surface area contributed by atoms with Crippen LogP contribution in [0.1, 0.15) is 25.7 Å². The zero-order valence-electron chi connectivity index (χ0n) is 12.1. The minimum Gasteiger partial charge on any atom is -0.337 e. The quantitative estimate of drug-likeness (QED) is 0.354. The molecule has 0 unspecified atom stereocenters. The lowest BCUT2D eigenvalue weighted by atomic mass is 10.3. The molecule has 0 spiro atoms. The van der Waals surface area contributed by atoms with Crippen molar-refractivity contribution in [2.24, 2.45) is 0 Å². The molecular weight excluding hydrogens is 238 g/mol. The fraction of sp³-hybridized carbons (Fsp3) is 0.533. The maximum atomic E-state index is 12.1. The van der Waals surface area contributed by atoms with Crippen molar-refractivity contribution in [1.82, 2.24) is 15.3 Å². The Hall–Kier alpha value is -1.55. The topological polar surface area (TPSA) is 35.6 Å². The highest BCUT2D eigenvalue weighted by Crippen LogP contribution is 2.01. The second-order valence-electron chi connectivity index (χ2n) is 4.32. The molecule has 2 amide bonds. The Labute approximate surface area is 117 Å². The molecule has 0 aliphatic heterocycles. The van der Waals surface area contributed by atoms with Crippen LogP contribution in [0.3, 0.4) is 0 Å². The predicted octanol–water partition coefficient (Wildman–Crippen LogP) is 2.96. The Morgan fingerprint density at radius 3 is 2.21 bits per heavy atom. The first-order valence-electron chi connectivity index (χ1n) is 6.76. The van der Waals surface area contributed by atoms with E-state index in [1.807, 2.05) is 30.3 Å². The summed E-state index contributed by atoms with van der Waals surface area (Å²) in [7, 11) is 1.91. The van der Waals surface area contributed by atoms with Gasteiger partial charge in [0.2, 0.25) is 0 Å². The first-order chi connectivity index (χ1) is 9.17. The lowest BCUT2D eigenvalue weighted by molar-refractivity contribution is 0.0412. The third kappa shape index (κ3) is 8.21. The van der Waals surface area contributed by atoms with Crippen molar-refractivity contribution >= 4 is 6.03 Å². The Morgan fingerprint density at radius 2 is 1.63 bits per heavy atom. The van der Waals surface area contributed by atoms with Crippen LogP contribution in [-0.2, 0) is 0 Å². The van der Waals surface area contributed by atoms with Crippen molar-refractivity contribution in [2.75, 3.05) is 26.7 Å². The maximum absolute atomic E-state index is 12.1. The van der Waals surface area contributed by atoms with Crippen LogP contribution in [0, 0.1) is 0 Å². The molecule has 0 aromatic rings. The number of hydrogen-bond donors (Lipinski definition) is 1. The summed E-state index contributed by atoms with van der Waals surface area (Å²) in [5, 5.41) is 6.57. The SMILES string of the molecule is C=CCCCNC(=O)N(CCC=C)N(C)CCC=C. The van der Waals surface area contributed by atoms with E-state index in [1.54, 1.807) is 5.01 Å². The van der Waals surface area contributed by atoms with Crippen LogP contribution in [0.4, 0.5) is 4.79 Å². The first-order valence-corrected chi connectivity index (χ1v) is 6.76. The second-order valence-corrected chi connectivity index (χ2v) is 4.32. The standard InChI is InChI=1S/C15H27N3O/c1-5-8-11-12-16-15(19)18(14-10-7-3)17(4)13-9-6-2/h5-7H,1-3,8-14H2,4H3,(H,16,19). The molecule has 4 heteroatoms. The van der Waals surface area contributed by atoms with Gasteiger partial charge in [-0.3, -0.25) is 5.01 Å². The molecule has 0 saturated heterocycles. The normalized spacial score (nSPS) is 10.0. The minimum atomic E-state index is -0.0579. The van der Waals surface area contributed by atoms with Gasteiger partial charge >= 0.3 is 6.03 Å². The molecule has 0 radical (unpaired) electrons. The summed E-state index contributed by atoms with van der Waals surface area (Å²) in [6, 6.07) is -0.0579. The molecule has 0 fully saturated rings. The largest absolute Gasteiger partial charge is 0.337 e. The van der Waals surface area contributed by atoms with E-state index in [2.05, 4.69) is 25.1 Å². The Morgan fingerprint density at radius 1 is 1.05 bits per heavy atom. The minimum absolute atomic E-state index is 0.0579. The molecular formula is C15H27N3O. The van der Waals surface area contributed by atoms with Gasteiger partial charge in [-0.25, -0.2) is 9.80 Å². The van der Waals surface area contributed by atoms with E-state index >= 15 is 0 Å². The Bertz CT molecular complexity index is 289. The molecule has 0 aliphatic rings. The Balaban J connectivity index is 4.27. The molecule has 0 aromatic carbocycles. The summed E-state index contributed by atoms with van der Waals surface area (Å²) in [6.45, 7) is 13.1. The number of rotatable bonds is 11. The van der Waals surface area contributed by atoms with E-state index in [4.69, 9.17) is 0 Å². The van der Waals surface area contributed by atoms with Crippen LogP contribution in [0.5, 0.6) is 0 Å². The van der Waals surface area contributed by atoms with Gasteiger partial charge in [-0.1, -0.05) is 18.2 Å². The van der Waals surface area contributed by atoms with Crippen LogP contribution in [0.2, 0.25) is 0 Å². The lowest BCUT2D eigenvalue weighted by Crippen LogP contribution is -2.50. The van der Waals surface area contributed by atoms with Gasteiger partial charge in [-0.05, 0) is 25.7 Å². The summed E-state index contributed by atoms with van der Waals surface area (Å²) in [5.41, 5.74) is 0. The van der Waals surface area contributed by atoms with E-state index in [0.29, 0.717) is 13.1 Å². The zero-order chi connectivity index (χ0) is 14.5. The third-order valence-electron chi connectivity index (χ3n) is 2.71. The lowest BCUT2D eigenvalue weighted by Gasteiger charge is -2.31. The number of carbonyl (C=O) groups excluding carboxylic acids is 1. The van der Waals surface area contributed by atoms with Crippen molar-refractivity contribution in [3.05, 3.63) is 38.0 Å². The van der Waals surface area contributed by atoms with Crippen molar-refractivity contribution in [3.8, 4) is 0 Å². The van der Waals surface area contributed by atoms with Crippen LogP contribution in [0.15, 0.2) is 38.0 Å². The zero-order valence-corrected chi connectivity index (χ0v) is 12.1. The van der Waals surface area contributed by atoms with Crippen molar-refractivity contribution in [1.29, 1.82) is 0 Å². The second kappa shape index (κ2) is 11.5. The number of nitrogens with zero attached hydrogens (tertiary/aromatic N) is 2. The predicted molar refractivity (Wildman–Crippen MR) is 81.8 cm³/mol. The van der Waals surface area contributed by atoms with Gasteiger partial charge in [0.1, 0.15) is 0 Å². The third-order valence-corrected chi connectivity index (χ3v) is 2.71. The maximum Gasteiger partial charge on any atom is 0.331 e. The number of allylic oxidation sites excluding steroid dienone is 1. The Kier molecular flexibility index (Phi) is 10.6. The molecule has 4 nitrogen and oxygen atoms in total. The molecule has 0 atom stereocenters. The molecule has 0 rings (SSSR count). The average molecular weight is 265 g/mol. The average Bonchev–Trinajstić information content (AvgIpc) is 2.41. The summed E-state index contributed by atoms with van der Waals surface area (Å²) < 4.78 is 0. The van der Waals surface area contributed by atoms with Gasteiger partial charge < -0.3 is 5.32 Å². The summed E-state index contributed by atoms with van der Waals surface area (Å²) in [5.74, 6) is 0. The number of amides is 2. The summed E-state index contributed by atoms with van der Waals surface area (Å²) >= 11 is 0. The van der Waals surface area contributed by atoms with Gasteiger partial charge in [0.05, 0.1) is 0 Å². The monoisotopic (exact) mass is 265 g/mol. The van der Waals surface area contributed by atoms with Gasteiger partial charge in [0.25, 0.3) is 0 Å². The van der Waals surface area contributed by atoms with Gasteiger partial charge in [-0.15, -0.1) is 19.7 Å². The van der Waals surface area contributed by atoms with Gasteiger partial charge in [0, 0.05) is 26.7 Å². The van der Waals surface area contributed by atoms with E-state index in [-0.39, 0.29) is 6.03 Å². The number of unbranched alkanes of at least 4 members (excludes halogenated alkanes) is 1. The number of hydrogen-bond acceptors (Lipinski definition) is 2. The van der Waals surface area contributed by atoms with E-state index in [9.17, 15) is 4.79 Å². The van der Waals surface area contributed by atoms with Crippen LogP contribution in [0.25, 0.3) is 0 Å². The van der Waals surface area contributed by atoms with Crippen LogP contribution >= 0.6 is 0 Å². The fourth-order valence-corrected chi connectivity index (χ4v) is 1.57. The smallest absolute Gasteiger partial charge is 0.331 e. The molecule has 0 saturated carbocycles. The molecule has 0 heterocycles. The van der Waals surface area contributed by atoms with E-state index < -0.39 is 0 Å². The van der Waals surface area contributed by atoms with Crippen molar-refractivity contribution < 1.29 is 4.79 Å². The number of hydrazine groups is 1.